The fraction of sp³-hybridized carbons (Fsp3) is 0.538. The minimum atomic E-state index is 0.890. The monoisotopic (exact) mass is 204 g/mol. The smallest absolute Gasteiger partial charge is 0.0340 e. The summed E-state index contributed by atoms with van der Waals surface area (Å²) < 4.78 is 0. The normalized spacial score (nSPS) is 15.6. The Labute approximate surface area is 92.3 Å². The Hall–Kier alpha value is -1.02. The highest BCUT2D eigenvalue weighted by molar-refractivity contribution is 5.42. The molecule has 1 aliphatic carbocycles. The molecule has 1 N–H and O–H groups in total. The summed E-state index contributed by atoms with van der Waals surface area (Å²) in [5, 5.41) is 3.43. The van der Waals surface area contributed by atoms with Gasteiger partial charge in [-0.05, 0) is 45.0 Å². The SMILES string of the molecule is CN(CCCNc1ccccc1)C1CC1. The molecule has 2 rings (SSSR count). The third-order valence-electron chi connectivity index (χ3n) is 2.96. The highest BCUT2D eigenvalue weighted by Gasteiger charge is 2.25. The predicted molar refractivity (Wildman–Crippen MR) is 65.2 cm³/mol. The molecule has 1 aromatic carbocycles. The molecule has 0 saturated heterocycles. The van der Waals surface area contributed by atoms with Gasteiger partial charge in [-0.3, -0.25) is 0 Å². The summed E-state index contributed by atoms with van der Waals surface area (Å²) in [5.41, 5.74) is 1.23. The van der Waals surface area contributed by atoms with Gasteiger partial charge in [0, 0.05) is 18.3 Å². The van der Waals surface area contributed by atoms with Crippen LogP contribution in [0.3, 0.4) is 0 Å². The van der Waals surface area contributed by atoms with Gasteiger partial charge in [0.1, 0.15) is 0 Å². The first-order valence-electron chi connectivity index (χ1n) is 5.85. The van der Waals surface area contributed by atoms with Crippen molar-refractivity contribution in [3.63, 3.8) is 0 Å². The molecule has 0 unspecified atom stereocenters. The Bertz CT molecular complexity index is 280. The maximum atomic E-state index is 3.43. The topological polar surface area (TPSA) is 15.3 Å². The van der Waals surface area contributed by atoms with E-state index < -0.39 is 0 Å². The van der Waals surface area contributed by atoms with Gasteiger partial charge < -0.3 is 10.2 Å². The molecule has 0 spiro atoms. The van der Waals surface area contributed by atoms with E-state index in [1.54, 1.807) is 0 Å². The van der Waals surface area contributed by atoms with Gasteiger partial charge in [-0.2, -0.15) is 0 Å². The van der Waals surface area contributed by atoms with Crippen LogP contribution in [-0.2, 0) is 0 Å². The highest BCUT2D eigenvalue weighted by Crippen LogP contribution is 2.25. The van der Waals surface area contributed by atoms with Crippen LogP contribution in [0.2, 0.25) is 0 Å². The minimum absolute atomic E-state index is 0.890. The van der Waals surface area contributed by atoms with Crippen LogP contribution < -0.4 is 5.32 Å². The molecule has 2 heteroatoms. The summed E-state index contributed by atoms with van der Waals surface area (Å²) in [4.78, 5) is 2.48. The lowest BCUT2D eigenvalue weighted by Crippen LogP contribution is -2.23. The molecule has 1 saturated carbocycles. The van der Waals surface area contributed by atoms with Crippen LogP contribution in [-0.4, -0.2) is 31.1 Å². The fourth-order valence-electron chi connectivity index (χ4n) is 1.82. The average Bonchev–Trinajstić information content (AvgIpc) is 3.09. The molecule has 0 heterocycles. The van der Waals surface area contributed by atoms with Crippen molar-refractivity contribution in [3.05, 3.63) is 30.3 Å². The van der Waals surface area contributed by atoms with Crippen molar-refractivity contribution in [2.24, 2.45) is 0 Å². The Morgan fingerprint density at radius 3 is 2.67 bits per heavy atom. The molecular weight excluding hydrogens is 184 g/mol. The second-order valence-electron chi connectivity index (χ2n) is 4.36. The van der Waals surface area contributed by atoms with Gasteiger partial charge in [0.15, 0.2) is 0 Å². The second-order valence-corrected chi connectivity index (χ2v) is 4.36. The molecule has 0 amide bonds. The summed E-state index contributed by atoms with van der Waals surface area (Å²) in [5.74, 6) is 0. The van der Waals surface area contributed by atoms with Crippen LogP contribution in [0.25, 0.3) is 0 Å². The zero-order valence-corrected chi connectivity index (χ0v) is 9.45. The van der Waals surface area contributed by atoms with Crippen LogP contribution >= 0.6 is 0 Å². The van der Waals surface area contributed by atoms with Crippen LogP contribution in [0, 0.1) is 0 Å². The van der Waals surface area contributed by atoms with E-state index >= 15 is 0 Å². The summed E-state index contributed by atoms with van der Waals surface area (Å²) in [6.07, 6.45) is 4.03. The van der Waals surface area contributed by atoms with E-state index in [1.165, 1.54) is 31.5 Å². The number of nitrogens with zero attached hydrogens (tertiary/aromatic N) is 1. The number of benzene rings is 1. The number of hydrogen-bond donors (Lipinski definition) is 1. The first-order valence-corrected chi connectivity index (χ1v) is 5.85. The maximum Gasteiger partial charge on any atom is 0.0340 e. The molecule has 0 radical (unpaired) electrons. The number of hydrogen-bond acceptors (Lipinski definition) is 2. The van der Waals surface area contributed by atoms with E-state index in [-0.39, 0.29) is 0 Å². The lowest BCUT2D eigenvalue weighted by atomic mass is 10.3. The Balaban J connectivity index is 1.58. The molecular formula is C13H20N2. The Morgan fingerprint density at radius 1 is 1.27 bits per heavy atom. The summed E-state index contributed by atoms with van der Waals surface area (Å²) in [7, 11) is 2.24. The third kappa shape index (κ3) is 3.56. The van der Waals surface area contributed by atoms with Gasteiger partial charge in [-0.25, -0.2) is 0 Å². The fourth-order valence-corrected chi connectivity index (χ4v) is 1.82. The zero-order chi connectivity index (χ0) is 10.5. The van der Waals surface area contributed by atoms with Gasteiger partial charge in [-0.1, -0.05) is 18.2 Å². The first-order chi connectivity index (χ1) is 7.36. The van der Waals surface area contributed by atoms with Crippen molar-refractivity contribution in [2.75, 3.05) is 25.5 Å². The molecule has 2 nitrogen and oxygen atoms in total. The Kier molecular flexibility index (Phi) is 3.62. The van der Waals surface area contributed by atoms with Gasteiger partial charge >= 0.3 is 0 Å². The standard InChI is InChI=1S/C13H20N2/c1-15(13-8-9-13)11-5-10-14-12-6-3-2-4-7-12/h2-4,6-7,13-14H,5,8-11H2,1H3. The van der Waals surface area contributed by atoms with E-state index in [0.717, 1.165) is 12.6 Å². The first kappa shape index (κ1) is 10.5. The molecule has 0 bridgehead atoms. The van der Waals surface area contributed by atoms with Crippen molar-refractivity contribution < 1.29 is 0 Å². The maximum absolute atomic E-state index is 3.43. The molecule has 82 valence electrons. The van der Waals surface area contributed by atoms with E-state index in [9.17, 15) is 0 Å². The van der Waals surface area contributed by atoms with Crippen molar-refractivity contribution in [1.82, 2.24) is 4.90 Å². The van der Waals surface area contributed by atoms with Crippen LogP contribution in [0.1, 0.15) is 19.3 Å². The number of para-hydroxylation sites is 1. The highest BCUT2D eigenvalue weighted by atomic mass is 15.1. The van der Waals surface area contributed by atoms with Crippen LogP contribution in [0.15, 0.2) is 30.3 Å². The lowest BCUT2D eigenvalue weighted by molar-refractivity contribution is 0.323. The number of anilines is 1. The van der Waals surface area contributed by atoms with Crippen molar-refractivity contribution in [3.8, 4) is 0 Å². The molecule has 0 aliphatic heterocycles. The van der Waals surface area contributed by atoms with E-state index in [4.69, 9.17) is 0 Å². The van der Waals surface area contributed by atoms with Gasteiger partial charge in [-0.15, -0.1) is 0 Å². The molecule has 15 heavy (non-hydrogen) atoms. The van der Waals surface area contributed by atoms with E-state index in [0.29, 0.717) is 0 Å². The van der Waals surface area contributed by atoms with E-state index in [1.807, 2.05) is 6.07 Å². The zero-order valence-electron chi connectivity index (χ0n) is 9.45. The lowest BCUT2D eigenvalue weighted by Gasteiger charge is -2.15. The molecule has 1 aliphatic rings. The van der Waals surface area contributed by atoms with E-state index in [2.05, 4.69) is 41.5 Å². The summed E-state index contributed by atoms with van der Waals surface area (Å²) in [6, 6.07) is 11.3. The van der Waals surface area contributed by atoms with Crippen molar-refractivity contribution in [2.45, 2.75) is 25.3 Å². The second kappa shape index (κ2) is 5.17. The van der Waals surface area contributed by atoms with Crippen molar-refractivity contribution in [1.29, 1.82) is 0 Å². The molecule has 1 aromatic rings. The number of nitrogens with one attached hydrogen (secondary N) is 1. The molecule has 0 aromatic heterocycles. The average molecular weight is 204 g/mol. The van der Waals surface area contributed by atoms with Crippen molar-refractivity contribution >= 4 is 5.69 Å². The van der Waals surface area contributed by atoms with Crippen LogP contribution in [0.4, 0.5) is 5.69 Å². The largest absolute Gasteiger partial charge is 0.385 e. The van der Waals surface area contributed by atoms with Crippen LogP contribution in [0.5, 0.6) is 0 Å². The number of rotatable bonds is 6. The quantitative estimate of drug-likeness (QED) is 0.716. The van der Waals surface area contributed by atoms with Gasteiger partial charge in [0.2, 0.25) is 0 Å². The minimum Gasteiger partial charge on any atom is -0.385 e. The molecule has 0 atom stereocenters. The summed E-state index contributed by atoms with van der Waals surface area (Å²) in [6.45, 7) is 2.28. The Morgan fingerprint density at radius 2 is 2.00 bits per heavy atom. The molecule has 1 fully saturated rings. The predicted octanol–water partition coefficient (Wildman–Crippen LogP) is 2.58. The summed E-state index contributed by atoms with van der Waals surface area (Å²) >= 11 is 0. The van der Waals surface area contributed by atoms with Gasteiger partial charge in [0.25, 0.3) is 0 Å². The third-order valence-corrected chi connectivity index (χ3v) is 2.96. The van der Waals surface area contributed by atoms with Gasteiger partial charge in [0.05, 0.1) is 0 Å².